The third kappa shape index (κ3) is 54.3. The van der Waals surface area contributed by atoms with Crippen LogP contribution in [-0.2, 0) is 4.79 Å². The summed E-state index contributed by atoms with van der Waals surface area (Å²) in [6.45, 7) is 4.20. The van der Waals surface area contributed by atoms with Gasteiger partial charge in [-0.05, 0) is 83.5 Å². The zero-order valence-electron chi connectivity index (χ0n) is 45.1. The van der Waals surface area contributed by atoms with Gasteiger partial charge < -0.3 is 15.5 Å². The van der Waals surface area contributed by atoms with Crippen LogP contribution in [0.4, 0.5) is 0 Å². The molecule has 0 bridgehead atoms. The SMILES string of the molecule is CC/C=C\C/C=C\C/C=C\C/C=C\C/C=C\C/C=C\CCCCCCCCCCCCCCCCC(=O)NC(CO)C(O)/C=C/CC/C=C/CCCCCCCCCCCCCCCCCCC. The molecule has 4 nitrogen and oxygen atoms in total. The van der Waals surface area contributed by atoms with Crippen molar-refractivity contribution in [1.29, 1.82) is 0 Å². The first kappa shape index (κ1) is 65.3. The summed E-state index contributed by atoms with van der Waals surface area (Å²) in [5.41, 5.74) is 0. The van der Waals surface area contributed by atoms with Crippen LogP contribution in [-0.4, -0.2) is 34.9 Å². The van der Waals surface area contributed by atoms with Crippen molar-refractivity contribution in [1.82, 2.24) is 5.32 Å². The van der Waals surface area contributed by atoms with Crippen LogP contribution in [0.1, 0.15) is 284 Å². The highest BCUT2D eigenvalue weighted by molar-refractivity contribution is 5.76. The monoisotopic (exact) mass is 944 g/mol. The number of allylic oxidation sites excluding steroid dienone is 15. The van der Waals surface area contributed by atoms with Gasteiger partial charge in [0.05, 0.1) is 18.8 Å². The molecule has 4 heteroatoms. The highest BCUT2D eigenvalue weighted by Crippen LogP contribution is 2.16. The molecule has 392 valence electrons. The summed E-state index contributed by atoms with van der Waals surface area (Å²) in [5, 5.41) is 23.2. The number of unbranched alkanes of at least 4 members (excludes halogenated alkanes) is 32. The van der Waals surface area contributed by atoms with Crippen LogP contribution in [0.2, 0.25) is 0 Å². The summed E-state index contributed by atoms with van der Waals surface area (Å²) in [4.78, 5) is 12.5. The summed E-state index contributed by atoms with van der Waals surface area (Å²) < 4.78 is 0. The summed E-state index contributed by atoms with van der Waals surface area (Å²) in [5.74, 6) is -0.0753. The van der Waals surface area contributed by atoms with Gasteiger partial charge in [-0.25, -0.2) is 0 Å². The van der Waals surface area contributed by atoms with Crippen molar-refractivity contribution >= 4 is 5.91 Å². The largest absolute Gasteiger partial charge is 0.394 e. The number of amides is 1. The number of aliphatic hydroxyl groups excluding tert-OH is 2. The molecule has 0 aliphatic carbocycles. The topological polar surface area (TPSA) is 69.6 Å². The molecule has 0 rings (SSSR count). The minimum Gasteiger partial charge on any atom is -0.394 e. The van der Waals surface area contributed by atoms with E-state index in [0.717, 1.165) is 70.6 Å². The molecule has 0 aromatic heterocycles. The van der Waals surface area contributed by atoms with Crippen molar-refractivity contribution < 1.29 is 15.0 Å². The second-order valence-electron chi connectivity index (χ2n) is 19.7. The predicted octanol–water partition coefficient (Wildman–Crippen LogP) is 19.7. The maximum Gasteiger partial charge on any atom is 0.220 e. The molecule has 0 aromatic carbocycles. The molecule has 0 saturated heterocycles. The van der Waals surface area contributed by atoms with Crippen molar-refractivity contribution in [2.75, 3.05) is 6.61 Å². The summed E-state index contributed by atoms with van der Waals surface area (Å²) in [6, 6.07) is -0.645. The van der Waals surface area contributed by atoms with Crippen LogP contribution in [0.5, 0.6) is 0 Å². The average Bonchev–Trinajstić information content (AvgIpc) is 3.34. The molecular formula is C64H113NO3. The molecule has 3 N–H and O–H groups in total. The second kappa shape index (κ2) is 58.6. The fraction of sp³-hybridized carbons (Fsp3) is 0.734. The van der Waals surface area contributed by atoms with E-state index in [1.807, 2.05) is 6.08 Å². The van der Waals surface area contributed by atoms with Gasteiger partial charge in [0.15, 0.2) is 0 Å². The Balaban J connectivity index is 3.55. The number of hydrogen-bond donors (Lipinski definition) is 3. The maximum atomic E-state index is 12.5. The lowest BCUT2D eigenvalue weighted by atomic mass is 10.0. The van der Waals surface area contributed by atoms with Crippen LogP contribution in [0.15, 0.2) is 97.2 Å². The minimum absolute atomic E-state index is 0.0753. The van der Waals surface area contributed by atoms with Crippen LogP contribution < -0.4 is 5.32 Å². The van der Waals surface area contributed by atoms with Gasteiger partial charge in [0.2, 0.25) is 5.91 Å². The van der Waals surface area contributed by atoms with E-state index in [4.69, 9.17) is 0 Å². The van der Waals surface area contributed by atoms with Crippen molar-refractivity contribution in [2.45, 2.75) is 296 Å². The van der Waals surface area contributed by atoms with Gasteiger partial charge in [-0.3, -0.25) is 4.79 Å². The van der Waals surface area contributed by atoms with Gasteiger partial charge in [-0.1, -0.05) is 291 Å². The number of nitrogens with one attached hydrogen (secondary N) is 1. The van der Waals surface area contributed by atoms with Crippen LogP contribution in [0.3, 0.4) is 0 Å². The van der Waals surface area contributed by atoms with E-state index in [1.165, 1.54) is 193 Å². The number of rotatable bonds is 53. The lowest BCUT2D eigenvalue weighted by Crippen LogP contribution is -2.45. The Morgan fingerprint density at radius 3 is 1.03 bits per heavy atom. The van der Waals surface area contributed by atoms with E-state index in [-0.39, 0.29) is 12.5 Å². The van der Waals surface area contributed by atoms with E-state index in [2.05, 4.69) is 104 Å². The van der Waals surface area contributed by atoms with Crippen LogP contribution in [0, 0.1) is 0 Å². The predicted molar refractivity (Wildman–Crippen MR) is 303 cm³/mol. The zero-order chi connectivity index (χ0) is 49.2. The van der Waals surface area contributed by atoms with Crippen LogP contribution in [0.25, 0.3) is 0 Å². The van der Waals surface area contributed by atoms with E-state index in [1.54, 1.807) is 6.08 Å². The number of hydrogen-bond acceptors (Lipinski definition) is 3. The molecule has 1 amide bonds. The molecule has 0 aliphatic heterocycles. The molecule has 0 aromatic rings. The molecule has 2 atom stereocenters. The average molecular weight is 945 g/mol. The fourth-order valence-electron chi connectivity index (χ4n) is 8.61. The fourth-order valence-corrected chi connectivity index (χ4v) is 8.61. The number of carbonyl (C=O) groups excluding carboxylic acids is 1. The van der Waals surface area contributed by atoms with E-state index >= 15 is 0 Å². The molecule has 0 fully saturated rings. The van der Waals surface area contributed by atoms with E-state index in [0.29, 0.717) is 6.42 Å². The molecule has 0 aliphatic rings. The first-order valence-electron chi connectivity index (χ1n) is 29.5. The third-order valence-electron chi connectivity index (χ3n) is 13.1. The Morgan fingerprint density at radius 1 is 0.368 bits per heavy atom. The maximum absolute atomic E-state index is 12.5. The normalized spacial score (nSPS) is 13.5. The molecule has 0 spiro atoms. The number of aliphatic hydroxyl groups is 2. The summed E-state index contributed by atoms with van der Waals surface area (Å²) in [6.07, 6.45) is 87.2. The van der Waals surface area contributed by atoms with Crippen molar-refractivity contribution in [3.05, 3.63) is 97.2 Å². The smallest absolute Gasteiger partial charge is 0.220 e. The Bertz CT molecular complexity index is 1250. The molecular weight excluding hydrogens is 831 g/mol. The molecule has 0 heterocycles. The van der Waals surface area contributed by atoms with Crippen LogP contribution >= 0.6 is 0 Å². The first-order valence-corrected chi connectivity index (χ1v) is 29.5. The third-order valence-corrected chi connectivity index (χ3v) is 13.1. The lowest BCUT2D eigenvalue weighted by Gasteiger charge is -2.19. The van der Waals surface area contributed by atoms with Crippen molar-refractivity contribution in [3.8, 4) is 0 Å². The Hall–Kier alpha value is -2.69. The van der Waals surface area contributed by atoms with E-state index < -0.39 is 12.1 Å². The van der Waals surface area contributed by atoms with Gasteiger partial charge in [-0.2, -0.15) is 0 Å². The second-order valence-corrected chi connectivity index (χ2v) is 19.7. The van der Waals surface area contributed by atoms with Crippen molar-refractivity contribution in [3.63, 3.8) is 0 Å². The summed E-state index contributed by atoms with van der Waals surface area (Å²) in [7, 11) is 0. The standard InChI is InChI=1S/C64H113NO3/c1-3-5-7-9-11-13-15-17-19-21-23-25-27-28-29-30-31-32-33-34-35-36-38-40-42-44-46-48-50-52-54-56-58-60-64(68)65-62(61-66)63(67)59-57-55-53-51-49-47-45-43-41-39-37-26-24-22-20-18-16-14-12-10-8-6-4-2/h5,7,11,13,17,19,23,25,28-29,31-32,49,51,57,59,62-63,66-67H,3-4,6,8-10,12,14-16,18,20-22,24,26-27,30,33-48,50,52-56,58,60-61H2,1-2H3,(H,65,68)/b7-5-,13-11-,19-17-,25-23-,29-28-,32-31-,51-49+,59-57+. The minimum atomic E-state index is -0.868. The zero-order valence-corrected chi connectivity index (χ0v) is 45.1. The van der Waals surface area contributed by atoms with Gasteiger partial charge in [0.1, 0.15) is 0 Å². The first-order chi connectivity index (χ1) is 33.7. The Morgan fingerprint density at radius 2 is 0.662 bits per heavy atom. The van der Waals surface area contributed by atoms with E-state index in [9.17, 15) is 15.0 Å². The highest BCUT2D eigenvalue weighted by Gasteiger charge is 2.18. The lowest BCUT2D eigenvalue weighted by molar-refractivity contribution is -0.123. The molecule has 0 radical (unpaired) electrons. The Kier molecular flexibility index (Phi) is 56.3. The van der Waals surface area contributed by atoms with Gasteiger partial charge in [-0.15, -0.1) is 0 Å². The van der Waals surface area contributed by atoms with Gasteiger partial charge >= 0.3 is 0 Å². The molecule has 2 unspecified atom stereocenters. The van der Waals surface area contributed by atoms with Gasteiger partial charge in [0, 0.05) is 6.42 Å². The highest BCUT2D eigenvalue weighted by atomic mass is 16.3. The van der Waals surface area contributed by atoms with Crippen molar-refractivity contribution in [2.24, 2.45) is 0 Å². The number of carbonyl (C=O) groups is 1. The quantitative estimate of drug-likeness (QED) is 0.0420. The molecule has 0 saturated carbocycles. The molecule has 68 heavy (non-hydrogen) atoms. The van der Waals surface area contributed by atoms with Gasteiger partial charge in [0.25, 0.3) is 0 Å². The summed E-state index contributed by atoms with van der Waals surface area (Å²) >= 11 is 0. The Labute approximate surface area is 424 Å².